The van der Waals surface area contributed by atoms with Crippen LogP contribution in [0.5, 0.6) is 0 Å². The van der Waals surface area contributed by atoms with Crippen LogP contribution in [-0.2, 0) is 0 Å². The SMILES string of the molecule is CN1CCC(NC(=O)c2c(F)ccc(N)c2F)C1. The number of likely N-dealkylation sites (N-methyl/N-ethyl adjacent to an activating group) is 1. The minimum Gasteiger partial charge on any atom is -0.396 e. The van der Waals surface area contributed by atoms with Crippen LogP contribution in [0, 0.1) is 11.6 Å². The van der Waals surface area contributed by atoms with Gasteiger partial charge in [-0.05, 0) is 32.1 Å². The van der Waals surface area contributed by atoms with E-state index in [2.05, 4.69) is 5.32 Å². The maximum Gasteiger partial charge on any atom is 0.257 e. The lowest BCUT2D eigenvalue weighted by Gasteiger charge is -2.14. The van der Waals surface area contributed by atoms with E-state index >= 15 is 0 Å². The number of nitrogens with two attached hydrogens (primary N) is 1. The molecule has 1 unspecified atom stereocenters. The van der Waals surface area contributed by atoms with Gasteiger partial charge in [0.2, 0.25) is 0 Å². The Labute approximate surface area is 104 Å². The van der Waals surface area contributed by atoms with E-state index < -0.39 is 23.1 Å². The number of nitrogens with zero attached hydrogens (tertiary/aromatic N) is 1. The second-order valence-corrected chi connectivity index (χ2v) is 4.55. The van der Waals surface area contributed by atoms with Crippen molar-refractivity contribution in [2.45, 2.75) is 12.5 Å². The fraction of sp³-hybridized carbons (Fsp3) is 0.417. The van der Waals surface area contributed by atoms with Crippen molar-refractivity contribution in [3.63, 3.8) is 0 Å². The molecule has 1 saturated heterocycles. The first-order valence-corrected chi connectivity index (χ1v) is 5.72. The third-order valence-electron chi connectivity index (χ3n) is 3.07. The largest absolute Gasteiger partial charge is 0.396 e. The van der Waals surface area contributed by atoms with Crippen molar-refractivity contribution in [3.05, 3.63) is 29.3 Å². The van der Waals surface area contributed by atoms with Crippen molar-refractivity contribution in [2.75, 3.05) is 25.9 Å². The lowest BCUT2D eigenvalue weighted by Crippen LogP contribution is -2.37. The third-order valence-corrected chi connectivity index (χ3v) is 3.07. The van der Waals surface area contributed by atoms with Crippen LogP contribution in [0.1, 0.15) is 16.8 Å². The minimum absolute atomic E-state index is 0.0808. The van der Waals surface area contributed by atoms with Gasteiger partial charge in [0.05, 0.1) is 5.69 Å². The van der Waals surface area contributed by atoms with Gasteiger partial charge >= 0.3 is 0 Å². The van der Waals surface area contributed by atoms with Crippen LogP contribution >= 0.6 is 0 Å². The zero-order valence-electron chi connectivity index (χ0n) is 10.0. The summed E-state index contributed by atoms with van der Waals surface area (Å²) >= 11 is 0. The van der Waals surface area contributed by atoms with Crippen LogP contribution in [-0.4, -0.2) is 37.0 Å². The second kappa shape index (κ2) is 4.89. The Hall–Kier alpha value is -1.69. The number of hydrogen-bond acceptors (Lipinski definition) is 3. The Bertz CT molecular complexity index is 479. The van der Waals surface area contributed by atoms with Gasteiger partial charge in [-0.15, -0.1) is 0 Å². The molecule has 0 radical (unpaired) electrons. The van der Waals surface area contributed by atoms with Gasteiger partial charge in [0.25, 0.3) is 5.91 Å². The number of rotatable bonds is 2. The van der Waals surface area contributed by atoms with Gasteiger partial charge in [0.1, 0.15) is 11.4 Å². The van der Waals surface area contributed by atoms with Crippen LogP contribution in [0.4, 0.5) is 14.5 Å². The summed E-state index contributed by atoms with van der Waals surface area (Å²) in [7, 11) is 1.92. The van der Waals surface area contributed by atoms with Crippen LogP contribution in [0.15, 0.2) is 12.1 Å². The maximum atomic E-state index is 13.6. The summed E-state index contributed by atoms with van der Waals surface area (Å²) in [6.07, 6.45) is 0.772. The summed E-state index contributed by atoms with van der Waals surface area (Å²) in [4.78, 5) is 13.9. The topological polar surface area (TPSA) is 58.4 Å². The molecule has 1 fully saturated rings. The first-order chi connectivity index (χ1) is 8.49. The highest BCUT2D eigenvalue weighted by Gasteiger charge is 2.25. The molecule has 2 rings (SSSR count). The van der Waals surface area contributed by atoms with Gasteiger partial charge in [-0.2, -0.15) is 0 Å². The highest BCUT2D eigenvalue weighted by Crippen LogP contribution is 2.19. The number of anilines is 1. The van der Waals surface area contributed by atoms with Gasteiger partial charge in [-0.1, -0.05) is 0 Å². The standard InChI is InChI=1S/C12H15F2N3O/c1-17-5-4-7(6-17)16-12(18)10-8(13)2-3-9(15)11(10)14/h2-3,7H,4-6,15H2,1H3,(H,16,18). The quantitative estimate of drug-likeness (QED) is 0.774. The Morgan fingerprint density at radius 2 is 2.22 bits per heavy atom. The predicted octanol–water partition coefficient (Wildman–Crippen LogP) is 0.981. The van der Waals surface area contributed by atoms with Crippen LogP contribution < -0.4 is 11.1 Å². The Balaban J connectivity index is 2.16. The van der Waals surface area contributed by atoms with Crippen molar-refractivity contribution in [2.24, 2.45) is 0 Å². The third kappa shape index (κ3) is 2.43. The molecule has 0 aliphatic carbocycles. The van der Waals surface area contributed by atoms with Crippen LogP contribution in [0.2, 0.25) is 0 Å². The van der Waals surface area contributed by atoms with Gasteiger partial charge in [-0.3, -0.25) is 4.79 Å². The normalized spacial score (nSPS) is 20.1. The van der Waals surface area contributed by atoms with E-state index in [-0.39, 0.29) is 11.7 Å². The monoisotopic (exact) mass is 255 g/mol. The summed E-state index contributed by atoms with van der Waals surface area (Å²) in [5.41, 5.74) is 4.49. The average Bonchev–Trinajstić information content (AvgIpc) is 2.70. The van der Waals surface area contributed by atoms with Gasteiger partial charge < -0.3 is 16.0 Å². The highest BCUT2D eigenvalue weighted by atomic mass is 19.1. The molecule has 0 spiro atoms. The molecule has 1 aromatic carbocycles. The number of halogens is 2. The van der Waals surface area contributed by atoms with E-state index in [1.54, 1.807) is 0 Å². The summed E-state index contributed by atoms with van der Waals surface area (Å²) in [6, 6.07) is 2.02. The molecule has 1 aromatic rings. The molecular weight excluding hydrogens is 240 g/mol. The van der Waals surface area contributed by atoms with Crippen molar-refractivity contribution in [1.82, 2.24) is 10.2 Å². The number of likely N-dealkylation sites (tertiary alicyclic amines) is 1. The maximum absolute atomic E-state index is 13.6. The van der Waals surface area contributed by atoms with Crippen LogP contribution in [0.3, 0.4) is 0 Å². The lowest BCUT2D eigenvalue weighted by molar-refractivity contribution is 0.0930. The molecule has 1 aliphatic rings. The fourth-order valence-corrected chi connectivity index (χ4v) is 2.09. The average molecular weight is 255 g/mol. The number of carbonyl (C=O) groups excluding carboxylic acids is 1. The van der Waals surface area contributed by atoms with Crippen LogP contribution in [0.25, 0.3) is 0 Å². The van der Waals surface area contributed by atoms with E-state index in [4.69, 9.17) is 5.73 Å². The molecule has 0 saturated carbocycles. The fourth-order valence-electron chi connectivity index (χ4n) is 2.09. The number of nitrogens with one attached hydrogen (secondary N) is 1. The van der Waals surface area contributed by atoms with Crippen molar-refractivity contribution in [3.8, 4) is 0 Å². The number of carbonyl (C=O) groups is 1. The molecule has 6 heteroatoms. The molecule has 0 bridgehead atoms. The number of nitrogen functional groups attached to an aromatic ring is 1. The first kappa shape index (κ1) is 12.8. The molecule has 4 nitrogen and oxygen atoms in total. The predicted molar refractivity (Wildman–Crippen MR) is 64.1 cm³/mol. The van der Waals surface area contributed by atoms with Crippen molar-refractivity contribution in [1.29, 1.82) is 0 Å². The summed E-state index contributed by atoms with van der Waals surface area (Å²) in [5.74, 6) is -2.65. The molecule has 3 N–H and O–H groups in total. The Kier molecular flexibility index (Phi) is 3.47. The summed E-state index contributed by atoms with van der Waals surface area (Å²) in [5, 5.41) is 2.62. The first-order valence-electron chi connectivity index (χ1n) is 5.72. The second-order valence-electron chi connectivity index (χ2n) is 4.55. The van der Waals surface area contributed by atoms with E-state index in [0.717, 1.165) is 25.1 Å². The molecular formula is C12H15F2N3O. The molecule has 18 heavy (non-hydrogen) atoms. The van der Waals surface area contributed by atoms with Gasteiger partial charge in [0, 0.05) is 12.6 Å². The zero-order chi connectivity index (χ0) is 13.3. The van der Waals surface area contributed by atoms with E-state index in [0.29, 0.717) is 6.54 Å². The molecule has 1 atom stereocenters. The van der Waals surface area contributed by atoms with E-state index in [1.165, 1.54) is 0 Å². The smallest absolute Gasteiger partial charge is 0.257 e. The Morgan fingerprint density at radius 3 is 2.83 bits per heavy atom. The molecule has 1 heterocycles. The molecule has 1 aliphatic heterocycles. The summed E-state index contributed by atoms with van der Waals surface area (Å²) in [6.45, 7) is 1.53. The highest BCUT2D eigenvalue weighted by molar-refractivity contribution is 5.95. The minimum atomic E-state index is -1.00. The van der Waals surface area contributed by atoms with E-state index in [1.807, 2.05) is 11.9 Å². The summed E-state index contributed by atoms with van der Waals surface area (Å²) < 4.78 is 27.1. The molecule has 1 amide bonds. The van der Waals surface area contributed by atoms with E-state index in [9.17, 15) is 13.6 Å². The van der Waals surface area contributed by atoms with Gasteiger partial charge in [0.15, 0.2) is 5.82 Å². The van der Waals surface area contributed by atoms with Crippen molar-refractivity contribution < 1.29 is 13.6 Å². The number of amides is 1. The molecule has 98 valence electrons. The zero-order valence-corrected chi connectivity index (χ0v) is 10.0. The number of benzene rings is 1. The Morgan fingerprint density at radius 1 is 1.50 bits per heavy atom. The van der Waals surface area contributed by atoms with Gasteiger partial charge in [-0.25, -0.2) is 8.78 Å². The lowest BCUT2D eigenvalue weighted by atomic mass is 10.1. The molecule has 0 aromatic heterocycles. The van der Waals surface area contributed by atoms with Crippen molar-refractivity contribution >= 4 is 11.6 Å². The number of hydrogen-bond donors (Lipinski definition) is 2.